The minimum absolute atomic E-state index is 0.0946. The van der Waals surface area contributed by atoms with Crippen molar-refractivity contribution in [2.75, 3.05) is 19.6 Å². The zero-order valence-corrected chi connectivity index (χ0v) is 13.7. The molecule has 23 heavy (non-hydrogen) atoms. The monoisotopic (exact) mass is 322 g/mol. The number of amides is 4. The number of urea groups is 1. The fourth-order valence-corrected chi connectivity index (χ4v) is 3.93. The van der Waals surface area contributed by atoms with Crippen LogP contribution in [0.15, 0.2) is 0 Å². The molecular formula is C16H26N4O3. The van der Waals surface area contributed by atoms with Crippen LogP contribution < -0.4 is 16.0 Å². The van der Waals surface area contributed by atoms with Gasteiger partial charge in [0.25, 0.3) is 5.91 Å². The molecule has 3 N–H and O–H groups in total. The Hall–Kier alpha value is -1.63. The highest BCUT2D eigenvalue weighted by atomic mass is 16.2. The lowest BCUT2D eigenvalue weighted by Gasteiger charge is -2.34. The normalized spacial score (nSPS) is 34.0. The summed E-state index contributed by atoms with van der Waals surface area (Å²) in [6.07, 6.45) is 5.27. The summed E-state index contributed by atoms with van der Waals surface area (Å²) in [6, 6.07) is -0.332. The van der Waals surface area contributed by atoms with E-state index in [1.165, 1.54) is 0 Å². The van der Waals surface area contributed by atoms with Gasteiger partial charge in [-0.05, 0) is 44.6 Å². The van der Waals surface area contributed by atoms with Crippen LogP contribution in [0.4, 0.5) is 4.79 Å². The van der Waals surface area contributed by atoms with E-state index in [1.807, 2.05) is 0 Å². The molecule has 2 heterocycles. The Morgan fingerprint density at radius 3 is 2.65 bits per heavy atom. The van der Waals surface area contributed by atoms with Gasteiger partial charge in [-0.1, -0.05) is 13.3 Å². The average molecular weight is 322 g/mol. The molecule has 2 saturated heterocycles. The molecule has 7 nitrogen and oxygen atoms in total. The molecule has 1 atom stereocenters. The quantitative estimate of drug-likeness (QED) is 0.652. The Balaban J connectivity index is 1.59. The first-order chi connectivity index (χ1) is 11.0. The van der Waals surface area contributed by atoms with Crippen LogP contribution in [0, 0.1) is 5.92 Å². The van der Waals surface area contributed by atoms with E-state index in [0.717, 1.165) is 43.7 Å². The summed E-state index contributed by atoms with van der Waals surface area (Å²) in [5, 5.41) is 8.91. The number of nitrogens with one attached hydrogen (secondary N) is 3. The summed E-state index contributed by atoms with van der Waals surface area (Å²) in [5.41, 5.74) is -0.766. The highest BCUT2D eigenvalue weighted by molar-refractivity contribution is 6.09. The first-order valence-electron chi connectivity index (χ1n) is 8.68. The van der Waals surface area contributed by atoms with Crippen LogP contribution in [0.2, 0.25) is 0 Å². The maximum Gasteiger partial charge on any atom is 0.325 e. The molecule has 2 aliphatic heterocycles. The van der Waals surface area contributed by atoms with Crippen LogP contribution >= 0.6 is 0 Å². The van der Waals surface area contributed by atoms with Crippen molar-refractivity contribution >= 4 is 17.8 Å². The number of nitrogens with zero attached hydrogens (tertiary/aromatic N) is 1. The summed E-state index contributed by atoms with van der Waals surface area (Å²) in [4.78, 5) is 38.1. The van der Waals surface area contributed by atoms with Crippen LogP contribution in [-0.4, -0.2) is 54.0 Å². The summed E-state index contributed by atoms with van der Waals surface area (Å²) in [5.74, 6) is 0.149. The fraction of sp³-hybridized carbons (Fsp3) is 0.812. The van der Waals surface area contributed by atoms with Crippen molar-refractivity contribution in [1.82, 2.24) is 20.9 Å². The molecule has 1 saturated carbocycles. The second-order valence-electron chi connectivity index (χ2n) is 7.01. The largest absolute Gasteiger partial charge is 0.350 e. The molecule has 3 aliphatic rings. The van der Waals surface area contributed by atoms with Gasteiger partial charge in [-0.15, -0.1) is 0 Å². The molecule has 0 bridgehead atoms. The third-order valence-corrected chi connectivity index (χ3v) is 5.51. The van der Waals surface area contributed by atoms with Gasteiger partial charge >= 0.3 is 6.03 Å². The third kappa shape index (κ3) is 3.20. The maximum atomic E-state index is 12.7. The van der Waals surface area contributed by atoms with Gasteiger partial charge in [-0.2, -0.15) is 0 Å². The maximum absolute atomic E-state index is 12.7. The molecule has 4 amide bonds. The molecular weight excluding hydrogens is 296 g/mol. The highest BCUT2D eigenvalue weighted by Gasteiger charge is 2.52. The second kappa shape index (κ2) is 6.47. The van der Waals surface area contributed by atoms with Crippen molar-refractivity contribution in [2.24, 2.45) is 5.92 Å². The predicted octanol–water partition coefficient (Wildman–Crippen LogP) is 0.355. The minimum atomic E-state index is -0.766. The van der Waals surface area contributed by atoms with E-state index >= 15 is 0 Å². The van der Waals surface area contributed by atoms with Crippen molar-refractivity contribution < 1.29 is 14.4 Å². The number of carbonyl (C=O) groups is 3. The highest BCUT2D eigenvalue weighted by Crippen LogP contribution is 2.37. The molecule has 3 fully saturated rings. The number of rotatable bonds is 4. The van der Waals surface area contributed by atoms with Crippen molar-refractivity contribution in [1.29, 1.82) is 0 Å². The zero-order chi connectivity index (χ0) is 16.4. The van der Waals surface area contributed by atoms with Crippen LogP contribution in [0.25, 0.3) is 0 Å². The number of hydrogen-bond acceptors (Lipinski definition) is 4. The van der Waals surface area contributed by atoms with E-state index in [2.05, 4.69) is 22.9 Å². The van der Waals surface area contributed by atoms with E-state index in [1.54, 1.807) is 0 Å². The Labute approximate surface area is 136 Å². The van der Waals surface area contributed by atoms with E-state index < -0.39 is 11.6 Å². The zero-order valence-electron chi connectivity index (χ0n) is 13.7. The van der Waals surface area contributed by atoms with Crippen LogP contribution in [0.3, 0.4) is 0 Å². The summed E-state index contributed by atoms with van der Waals surface area (Å²) < 4.78 is 0. The van der Waals surface area contributed by atoms with Gasteiger partial charge in [0.1, 0.15) is 12.1 Å². The van der Waals surface area contributed by atoms with E-state index in [0.29, 0.717) is 18.8 Å². The van der Waals surface area contributed by atoms with E-state index in [-0.39, 0.29) is 24.4 Å². The Morgan fingerprint density at radius 1 is 1.30 bits per heavy atom. The van der Waals surface area contributed by atoms with Crippen LogP contribution in [0.1, 0.15) is 45.4 Å². The van der Waals surface area contributed by atoms with Gasteiger partial charge in [0.05, 0.1) is 0 Å². The molecule has 1 aliphatic carbocycles. The van der Waals surface area contributed by atoms with Gasteiger partial charge in [-0.25, -0.2) is 4.79 Å². The van der Waals surface area contributed by atoms with Gasteiger partial charge in [-0.3, -0.25) is 14.5 Å². The average Bonchev–Trinajstić information content (AvgIpc) is 3.11. The van der Waals surface area contributed by atoms with Gasteiger partial charge in [0.2, 0.25) is 5.91 Å². The molecule has 3 rings (SSSR count). The molecule has 0 aromatic carbocycles. The summed E-state index contributed by atoms with van der Waals surface area (Å²) in [6.45, 7) is 3.61. The van der Waals surface area contributed by atoms with Gasteiger partial charge < -0.3 is 16.0 Å². The van der Waals surface area contributed by atoms with E-state index in [4.69, 9.17) is 0 Å². The lowest BCUT2D eigenvalue weighted by atomic mass is 9.75. The number of carbonyl (C=O) groups excluding carboxylic acids is 3. The fourth-order valence-electron chi connectivity index (χ4n) is 3.93. The van der Waals surface area contributed by atoms with Crippen molar-refractivity contribution in [3.8, 4) is 0 Å². The standard InChI is InChI=1S/C16H26N4O3/c1-2-11-3-6-16(7-4-11)14(22)20(15(23)19-16)10-13(21)18-12-5-8-17-9-12/h11-12,17H,2-10H2,1H3,(H,18,21)(H,19,23). The topological polar surface area (TPSA) is 90.5 Å². The van der Waals surface area contributed by atoms with E-state index in [9.17, 15) is 14.4 Å². The first kappa shape index (κ1) is 16.2. The second-order valence-corrected chi connectivity index (χ2v) is 7.01. The van der Waals surface area contributed by atoms with Gasteiger partial charge in [0, 0.05) is 12.6 Å². The van der Waals surface area contributed by atoms with Crippen molar-refractivity contribution in [2.45, 2.75) is 57.0 Å². The number of hydrogen-bond donors (Lipinski definition) is 3. The first-order valence-corrected chi connectivity index (χ1v) is 8.68. The molecule has 0 aromatic rings. The van der Waals surface area contributed by atoms with Crippen molar-refractivity contribution in [3.05, 3.63) is 0 Å². The van der Waals surface area contributed by atoms with Gasteiger partial charge in [0.15, 0.2) is 0 Å². The molecule has 1 unspecified atom stereocenters. The predicted molar refractivity (Wildman–Crippen MR) is 84.6 cm³/mol. The Kier molecular flexibility index (Phi) is 4.57. The molecule has 0 aromatic heterocycles. The molecule has 0 radical (unpaired) electrons. The molecule has 7 heteroatoms. The molecule has 128 valence electrons. The lowest BCUT2D eigenvalue weighted by molar-refractivity contribution is -0.136. The molecule has 1 spiro atoms. The SMILES string of the molecule is CCC1CCC2(CC1)NC(=O)N(CC(=O)NC1CCNC1)C2=O. The lowest BCUT2D eigenvalue weighted by Crippen LogP contribution is -2.50. The Bertz CT molecular complexity index is 494. The van der Waals surface area contributed by atoms with Crippen LogP contribution in [-0.2, 0) is 9.59 Å². The summed E-state index contributed by atoms with van der Waals surface area (Å²) >= 11 is 0. The smallest absolute Gasteiger partial charge is 0.325 e. The number of imide groups is 1. The summed E-state index contributed by atoms with van der Waals surface area (Å²) in [7, 11) is 0. The minimum Gasteiger partial charge on any atom is -0.350 e. The third-order valence-electron chi connectivity index (χ3n) is 5.51. The van der Waals surface area contributed by atoms with Crippen LogP contribution in [0.5, 0.6) is 0 Å². The van der Waals surface area contributed by atoms with Crippen molar-refractivity contribution in [3.63, 3.8) is 0 Å². The Morgan fingerprint density at radius 2 is 2.04 bits per heavy atom.